The molecule has 1 aliphatic rings. The molecule has 1 atom stereocenters. The fourth-order valence-corrected chi connectivity index (χ4v) is 2.65. The van der Waals surface area contributed by atoms with Crippen molar-refractivity contribution in [2.45, 2.75) is 24.9 Å². The Hall–Kier alpha value is -2.67. The van der Waals surface area contributed by atoms with E-state index in [4.69, 9.17) is 5.73 Å². The summed E-state index contributed by atoms with van der Waals surface area (Å²) in [6, 6.07) is 10.4. The number of aryl methyl sites for hydroxylation is 1. The van der Waals surface area contributed by atoms with Gasteiger partial charge in [0.2, 0.25) is 5.95 Å². The second-order valence-electron chi connectivity index (χ2n) is 6.22. The molecule has 1 saturated carbocycles. The fourth-order valence-electron chi connectivity index (χ4n) is 2.65. The third kappa shape index (κ3) is 3.03. The highest BCUT2D eigenvalue weighted by molar-refractivity contribution is 5.87. The van der Waals surface area contributed by atoms with Crippen LogP contribution in [0.1, 0.15) is 24.4 Å². The van der Waals surface area contributed by atoms with Crippen LogP contribution in [0.5, 0.6) is 0 Å². The Kier molecular flexibility index (Phi) is 3.78. The number of hydrogen-bond donors (Lipinski definition) is 3. The van der Waals surface area contributed by atoms with Gasteiger partial charge in [0.25, 0.3) is 0 Å². The molecule has 0 unspecified atom stereocenters. The van der Waals surface area contributed by atoms with E-state index in [1.807, 2.05) is 37.4 Å². The Morgan fingerprint density at radius 2 is 2.04 bits per heavy atom. The molecule has 0 spiro atoms. The maximum Gasteiger partial charge on any atom is 0.226 e. The first-order chi connectivity index (χ1) is 11.7. The number of benzene rings is 1. The zero-order chi connectivity index (χ0) is 16.5. The first kappa shape index (κ1) is 14.9. The van der Waals surface area contributed by atoms with Crippen LogP contribution >= 0.6 is 0 Å². The molecule has 4 N–H and O–H groups in total. The molecular formula is C17H21N7. The van der Waals surface area contributed by atoms with E-state index < -0.39 is 0 Å². The van der Waals surface area contributed by atoms with Gasteiger partial charge in [0, 0.05) is 25.7 Å². The third-order valence-electron chi connectivity index (χ3n) is 4.22. The zero-order valence-electron chi connectivity index (χ0n) is 13.6. The van der Waals surface area contributed by atoms with Gasteiger partial charge < -0.3 is 16.4 Å². The largest absolute Gasteiger partial charge is 0.367 e. The summed E-state index contributed by atoms with van der Waals surface area (Å²) >= 11 is 0. The topological polar surface area (TPSA) is 93.7 Å². The summed E-state index contributed by atoms with van der Waals surface area (Å²) in [7, 11) is 1.88. The number of nitrogens with one attached hydrogen (secondary N) is 2. The molecule has 24 heavy (non-hydrogen) atoms. The monoisotopic (exact) mass is 323 g/mol. The van der Waals surface area contributed by atoms with E-state index >= 15 is 0 Å². The predicted octanol–water partition coefficient (Wildman–Crippen LogP) is 2.05. The SMILES string of the molecule is Cn1ncc2c(NC3CC3)nc(NC[C@H](N)c3ccccc3)nc21. The average molecular weight is 323 g/mol. The van der Waals surface area contributed by atoms with Crippen molar-refractivity contribution in [3.63, 3.8) is 0 Å². The molecule has 0 saturated heterocycles. The lowest BCUT2D eigenvalue weighted by Crippen LogP contribution is -2.21. The van der Waals surface area contributed by atoms with Crippen LogP contribution in [0.2, 0.25) is 0 Å². The number of hydrogen-bond acceptors (Lipinski definition) is 6. The van der Waals surface area contributed by atoms with Crippen molar-refractivity contribution in [1.82, 2.24) is 19.7 Å². The molecule has 0 amide bonds. The van der Waals surface area contributed by atoms with E-state index in [0.29, 0.717) is 18.5 Å². The van der Waals surface area contributed by atoms with E-state index in [2.05, 4.69) is 25.7 Å². The van der Waals surface area contributed by atoms with E-state index in [9.17, 15) is 0 Å². The minimum absolute atomic E-state index is 0.114. The van der Waals surface area contributed by atoms with Crippen LogP contribution in [0, 0.1) is 0 Å². The molecule has 2 heterocycles. The predicted molar refractivity (Wildman–Crippen MR) is 94.8 cm³/mol. The van der Waals surface area contributed by atoms with Gasteiger partial charge in [-0.3, -0.25) is 4.68 Å². The quantitative estimate of drug-likeness (QED) is 0.643. The first-order valence-corrected chi connectivity index (χ1v) is 8.21. The fraction of sp³-hybridized carbons (Fsp3) is 0.353. The molecule has 7 nitrogen and oxygen atoms in total. The van der Waals surface area contributed by atoms with Crippen molar-refractivity contribution in [2.24, 2.45) is 12.8 Å². The van der Waals surface area contributed by atoms with Crippen molar-refractivity contribution >= 4 is 22.8 Å². The van der Waals surface area contributed by atoms with Crippen molar-refractivity contribution in [2.75, 3.05) is 17.2 Å². The number of nitrogens with zero attached hydrogens (tertiary/aromatic N) is 4. The molecule has 7 heteroatoms. The molecule has 0 aliphatic heterocycles. The normalized spacial score (nSPS) is 15.4. The van der Waals surface area contributed by atoms with Gasteiger partial charge in [-0.1, -0.05) is 30.3 Å². The van der Waals surface area contributed by atoms with Crippen LogP contribution in [0.3, 0.4) is 0 Å². The molecule has 0 bridgehead atoms. The van der Waals surface area contributed by atoms with Crippen LogP contribution in [-0.2, 0) is 7.05 Å². The van der Waals surface area contributed by atoms with Crippen molar-refractivity contribution < 1.29 is 0 Å². The maximum atomic E-state index is 6.24. The summed E-state index contributed by atoms with van der Waals surface area (Å²) in [6.45, 7) is 0.566. The second kappa shape index (κ2) is 6.09. The Labute approximate surface area is 140 Å². The average Bonchev–Trinajstić information content (AvgIpc) is 3.35. The number of anilines is 2. The van der Waals surface area contributed by atoms with Gasteiger partial charge in [-0.15, -0.1) is 0 Å². The van der Waals surface area contributed by atoms with Gasteiger partial charge in [0.15, 0.2) is 5.65 Å². The van der Waals surface area contributed by atoms with Crippen molar-refractivity contribution in [1.29, 1.82) is 0 Å². The lowest BCUT2D eigenvalue weighted by atomic mass is 10.1. The Morgan fingerprint density at radius 1 is 1.25 bits per heavy atom. The van der Waals surface area contributed by atoms with E-state index in [0.717, 1.165) is 22.4 Å². The smallest absolute Gasteiger partial charge is 0.226 e. The maximum absolute atomic E-state index is 6.24. The lowest BCUT2D eigenvalue weighted by Gasteiger charge is -2.14. The summed E-state index contributed by atoms with van der Waals surface area (Å²) < 4.78 is 1.76. The summed E-state index contributed by atoms with van der Waals surface area (Å²) in [4.78, 5) is 9.19. The first-order valence-electron chi connectivity index (χ1n) is 8.21. The van der Waals surface area contributed by atoms with Crippen LogP contribution in [0.25, 0.3) is 11.0 Å². The molecule has 1 aliphatic carbocycles. The highest BCUT2D eigenvalue weighted by Crippen LogP contribution is 2.28. The van der Waals surface area contributed by atoms with Gasteiger partial charge in [-0.05, 0) is 18.4 Å². The number of fused-ring (bicyclic) bond motifs is 1. The highest BCUT2D eigenvalue weighted by Gasteiger charge is 2.23. The van der Waals surface area contributed by atoms with E-state index in [1.54, 1.807) is 10.9 Å². The third-order valence-corrected chi connectivity index (χ3v) is 4.22. The van der Waals surface area contributed by atoms with Gasteiger partial charge in [-0.25, -0.2) is 0 Å². The van der Waals surface area contributed by atoms with Crippen LogP contribution in [0.4, 0.5) is 11.8 Å². The molecule has 4 rings (SSSR count). The molecule has 1 fully saturated rings. The number of rotatable bonds is 6. The Balaban J connectivity index is 1.56. The molecule has 0 radical (unpaired) electrons. The van der Waals surface area contributed by atoms with Crippen molar-refractivity contribution in [3.05, 3.63) is 42.1 Å². The molecule has 2 aromatic heterocycles. The standard InChI is InChI=1S/C17H21N7/c1-24-16-13(9-20-24)15(21-12-7-8-12)22-17(23-16)19-10-14(18)11-5-3-2-4-6-11/h2-6,9,12,14H,7-8,10,18H2,1H3,(H2,19,21,22,23)/t14-/m0/s1. The molecular weight excluding hydrogens is 302 g/mol. The van der Waals surface area contributed by atoms with Gasteiger partial charge in [0.05, 0.1) is 11.6 Å². The van der Waals surface area contributed by atoms with Crippen molar-refractivity contribution in [3.8, 4) is 0 Å². The molecule has 1 aromatic carbocycles. The minimum Gasteiger partial charge on any atom is -0.367 e. The van der Waals surface area contributed by atoms with Crippen LogP contribution in [0.15, 0.2) is 36.5 Å². The number of nitrogens with two attached hydrogens (primary N) is 1. The summed E-state index contributed by atoms with van der Waals surface area (Å²) in [5.74, 6) is 1.41. The van der Waals surface area contributed by atoms with Gasteiger partial charge in [-0.2, -0.15) is 15.1 Å². The van der Waals surface area contributed by atoms with E-state index in [1.165, 1.54) is 12.8 Å². The van der Waals surface area contributed by atoms with Gasteiger partial charge >= 0.3 is 0 Å². The van der Waals surface area contributed by atoms with Crippen LogP contribution < -0.4 is 16.4 Å². The summed E-state index contributed by atoms with van der Waals surface area (Å²) in [5, 5.41) is 12.0. The lowest BCUT2D eigenvalue weighted by molar-refractivity contribution is 0.756. The molecule has 124 valence electrons. The minimum atomic E-state index is -0.114. The van der Waals surface area contributed by atoms with Gasteiger partial charge in [0.1, 0.15) is 5.82 Å². The number of aromatic nitrogens is 4. The van der Waals surface area contributed by atoms with E-state index in [-0.39, 0.29) is 6.04 Å². The zero-order valence-corrected chi connectivity index (χ0v) is 13.6. The second-order valence-corrected chi connectivity index (χ2v) is 6.22. The summed E-state index contributed by atoms with van der Waals surface area (Å²) in [5.41, 5.74) is 8.14. The Morgan fingerprint density at radius 3 is 2.79 bits per heavy atom. The van der Waals surface area contributed by atoms with Crippen LogP contribution in [-0.4, -0.2) is 32.3 Å². The highest BCUT2D eigenvalue weighted by atomic mass is 15.3. The molecule has 3 aromatic rings. The summed E-state index contributed by atoms with van der Waals surface area (Å²) in [6.07, 6.45) is 4.18. The Bertz CT molecular complexity index is 839.